The number of carboxylic acids is 1. The smallest absolute Gasteiger partial charge is 0.326 e. The van der Waals surface area contributed by atoms with Gasteiger partial charge < -0.3 is 10.0 Å². The van der Waals surface area contributed by atoms with Crippen LogP contribution in [-0.2, 0) is 4.79 Å². The average Bonchev–Trinajstić information content (AvgIpc) is 3.01. The maximum Gasteiger partial charge on any atom is 0.326 e. The number of halogens is 1. The van der Waals surface area contributed by atoms with Gasteiger partial charge in [0.2, 0.25) is 0 Å². The third-order valence-electron chi connectivity index (χ3n) is 4.39. The molecule has 1 N–H and O–H groups in total. The molecular formula is C14H16BrNO3S. The molecular weight excluding hydrogens is 342 g/mol. The highest BCUT2D eigenvalue weighted by molar-refractivity contribution is 9.11. The van der Waals surface area contributed by atoms with Gasteiger partial charge in [-0.05, 0) is 53.2 Å². The van der Waals surface area contributed by atoms with Crippen molar-refractivity contribution < 1.29 is 14.7 Å². The van der Waals surface area contributed by atoms with Crippen LogP contribution in [0.2, 0.25) is 0 Å². The molecule has 0 bridgehead atoms. The number of aliphatic carboxylic acids is 1. The van der Waals surface area contributed by atoms with Gasteiger partial charge in [-0.2, -0.15) is 0 Å². The first-order valence-corrected chi connectivity index (χ1v) is 8.49. The van der Waals surface area contributed by atoms with Crippen LogP contribution in [0, 0.1) is 5.92 Å². The van der Waals surface area contributed by atoms with E-state index in [0.717, 1.165) is 29.5 Å². The molecule has 2 aliphatic rings. The summed E-state index contributed by atoms with van der Waals surface area (Å²) in [5.41, 5.74) is 0. The van der Waals surface area contributed by atoms with Crippen molar-refractivity contribution in [2.45, 2.75) is 44.2 Å². The average molecular weight is 358 g/mol. The lowest BCUT2D eigenvalue weighted by Crippen LogP contribution is -2.46. The van der Waals surface area contributed by atoms with Crippen LogP contribution in [0.4, 0.5) is 0 Å². The largest absolute Gasteiger partial charge is 0.480 e. The Hall–Kier alpha value is -0.880. The molecule has 1 saturated carbocycles. The minimum atomic E-state index is -0.872. The Morgan fingerprint density at radius 3 is 2.70 bits per heavy atom. The van der Waals surface area contributed by atoms with Crippen LogP contribution in [0.15, 0.2) is 15.9 Å². The Bertz CT molecular complexity index is 544. The second-order valence-corrected chi connectivity index (χ2v) is 7.98. The van der Waals surface area contributed by atoms with Crippen molar-refractivity contribution >= 4 is 39.1 Å². The lowest BCUT2D eigenvalue weighted by Gasteiger charge is -2.32. The number of amides is 1. The fourth-order valence-electron chi connectivity index (χ4n) is 3.53. The lowest BCUT2D eigenvalue weighted by atomic mass is 9.85. The maximum atomic E-state index is 12.7. The Labute approximate surface area is 129 Å². The molecule has 6 heteroatoms. The van der Waals surface area contributed by atoms with E-state index < -0.39 is 12.0 Å². The molecule has 0 spiro atoms. The van der Waals surface area contributed by atoms with E-state index in [0.29, 0.717) is 17.2 Å². The summed E-state index contributed by atoms with van der Waals surface area (Å²) in [6.45, 7) is 0. The fraction of sp³-hybridized carbons (Fsp3) is 0.571. The van der Waals surface area contributed by atoms with Crippen LogP contribution in [0.25, 0.3) is 0 Å². The van der Waals surface area contributed by atoms with Gasteiger partial charge in [0.15, 0.2) is 0 Å². The molecule has 1 saturated heterocycles. The van der Waals surface area contributed by atoms with E-state index in [1.54, 1.807) is 11.0 Å². The standard InChI is InChI=1S/C14H16BrNO3S/c15-12-6-5-11(20-12)13(17)16-9-4-2-1-3-8(9)7-10(16)14(18)19/h5-6,8-10H,1-4,7H2,(H,18,19). The van der Waals surface area contributed by atoms with E-state index in [1.165, 1.54) is 11.3 Å². The molecule has 3 rings (SSSR count). The fourth-order valence-corrected chi connectivity index (χ4v) is 4.86. The molecule has 0 aromatic carbocycles. The number of thiophene rings is 1. The Morgan fingerprint density at radius 1 is 1.30 bits per heavy atom. The summed E-state index contributed by atoms with van der Waals surface area (Å²) in [5.74, 6) is -0.636. The highest BCUT2D eigenvalue weighted by Gasteiger charge is 2.47. The van der Waals surface area contributed by atoms with Crippen molar-refractivity contribution in [3.8, 4) is 0 Å². The number of hydrogen-bond acceptors (Lipinski definition) is 3. The number of nitrogens with zero attached hydrogens (tertiary/aromatic N) is 1. The van der Waals surface area contributed by atoms with Crippen LogP contribution in [0.3, 0.4) is 0 Å². The topological polar surface area (TPSA) is 57.6 Å². The van der Waals surface area contributed by atoms with E-state index in [1.807, 2.05) is 6.07 Å². The second kappa shape index (κ2) is 5.48. The Kier molecular flexibility index (Phi) is 3.86. The van der Waals surface area contributed by atoms with E-state index in [9.17, 15) is 14.7 Å². The van der Waals surface area contributed by atoms with E-state index in [2.05, 4.69) is 15.9 Å². The molecule has 3 atom stereocenters. The van der Waals surface area contributed by atoms with Crippen LogP contribution < -0.4 is 0 Å². The molecule has 2 fully saturated rings. The summed E-state index contributed by atoms with van der Waals surface area (Å²) in [6, 6.07) is 3.06. The first-order valence-electron chi connectivity index (χ1n) is 6.88. The molecule has 1 aromatic heterocycles. The number of carbonyl (C=O) groups is 2. The molecule has 1 aliphatic heterocycles. The van der Waals surface area contributed by atoms with Gasteiger partial charge in [-0.1, -0.05) is 12.8 Å². The van der Waals surface area contributed by atoms with Crippen LogP contribution in [-0.4, -0.2) is 34.0 Å². The second-order valence-electron chi connectivity index (χ2n) is 5.52. The van der Waals surface area contributed by atoms with Gasteiger partial charge in [0.25, 0.3) is 5.91 Å². The SMILES string of the molecule is O=C(O)C1CC2CCCCC2N1C(=O)c1ccc(Br)s1. The van der Waals surface area contributed by atoms with Crippen molar-refractivity contribution in [2.75, 3.05) is 0 Å². The number of likely N-dealkylation sites (tertiary alicyclic amines) is 1. The monoisotopic (exact) mass is 357 g/mol. The van der Waals surface area contributed by atoms with Gasteiger partial charge in [0.05, 0.1) is 8.66 Å². The normalized spacial score (nSPS) is 29.2. The van der Waals surface area contributed by atoms with Crippen molar-refractivity contribution in [1.29, 1.82) is 0 Å². The lowest BCUT2D eigenvalue weighted by molar-refractivity contribution is -0.141. The molecule has 3 unspecified atom stereocenters. The van der Waals surface area contributed by atoms with E-state index in [4.69, 9.17) is 0 Å². The van der Waals surface area contributed by atoms with Crippen molar-refractivity contribution in [1.82, 2.24) is 4.90 Å². The number of carboxylic acid groups (broad SMARTS) is 1. The number of carbonyl (C=O) groups excluding carboxylic acids is 1. The quantitative estimate of drug-likeness (QED) is 0.882. The van der Waals surface area contributed by atoms with Gasteiger partial charge in [-0.25, -0.2) is 4.79 Å². The van der Waals surface area contributed by atoms with Gasteiger partial charge in [-0.15, -0.1) is 11.3 Å². The minimum Gasteiger partial charge on any atom is -0.480 e. The van der Waals surface area contributed by atoms with Gasteiger partial charge in [-0.3, -0.25) is 4.79 Å². The third-order valence-corrected chi connectivity index (χ3v) is 6.00. The Balaban J connectivity index is 1.90. The first-order chi connectivity index (χ1) is 9.58. The predicted octanol–water partition coefficient (Wildman–Crippen LogP) is 3.37. The summed E-state index contributed by atoms with van der Waals surface area (Å²) in [5, 5.41) is 9.43. The van der Waals surface area contributed by atoms with Crippen LogP contribution in [0.1, 0.15) is 41.8 Å². The van der Waals surface area contributed by atoms with Crippen molar-refractivity contribution in [3.05, 3.63) is 20.8 Å². The highest BCUT2D eigenvalue weighted by Crippen LogP contribution is 2.41. The predicted molar refractivity (Wildman–Crippen MR) is 80.0 cm³/mol. The summed E-state index contributed by atoms with van der Waals surface area (Å²) in [4.78, 5) is 26.4. The van der Waals surface area contributed by atoms with E-state index >= 15 is 0 Å². The zero-order chi connectivity index (χ0) is 14.3. The maximum absolute atomic E-state index is 12.7. The Morgan fingerprint density at radius 2 is 2.05 bits per heavy atom. The number of fused-ring (bicyclic) bond motifs is 1. The third kappa shape index (κ3) is 2.39. The molecule has 4 nitrogen and oxygen atoms in total. The number of hydrogen-bond donors (Lipinski definition) is 1. The molecule has 1 amide bonds. The van der Waals surface area contributed by atoms with Crippen LogP contribution in [0.5, 0.6) is 0 Å². The molecule has 108 valence electrons. The molecule has 1 aliphatic carbocycles. The first kappa shape index (κ1) is 14.1. The molecule has 0 radical (unpaired) electrons. The summed E-state index contributed by atoms with van der Waals surface area (Å²) >= 11 is 4.72. The zero-order valence-corrected chi connectivity index (χ0v) is 13.3. The molecule has 1 aromatic rings. The molecule has 20 heavy (non-hydrogen) atoms. The summed E-state index contributed by atoms with van der Waals surface area (Å²) in [6.07, 6.45) is 4.84. The highest BCUT2D eigenvalue weighted by atomic mass is 79.9. The van der Waals surface area contributed by atoms with Gasteiger partial charge in [0.1, 0.15) is 6.04 Å². The van der Waals surface area contributed by atoms with Gasteiger partial charge in [0, 0.05) is 6.04 Å². The summed E-state index contributed by atoms with van der Waals surface area (Å²) < 4.78 is 0.895. The number of rotatable bonds is 2. The summed E-state index contributed by atoms with van der Waals surface area (Å²) in [7, 11) is 0. The van der Waals surface area contributed by atoms with Crippen molar-refractivity contribution in [3.63, 3.8) is 0 Å². The minimum absolute atomic E-state index is 0.109. The van der Waals surface area contributed by atoms with Crippen LogP contribution >= 0.6 is 27.3 Å². The zero-order valence-electron chi connectivity index (χ0n) is 10.9. The van der Waals surface area contributed by atoms with Crippen molar-refractivity contribution in [2.24, 2.45) is 5.92 Å². The van der Waals surface area contributed by atoms with Gasteiger partial charge >= 0.3 is 5.97 Å². The van der Waals surface area contributed by atoms with E-state index in [-0.39, 0.29) is 11.9 Å². The molecule has 2 heterocycles.